The summed E-state index contributed by atoms with van der Waals surface area (Å²) >= 11 is 0. The number of hydrogen-bond donors (Lipinski definition) is 0. The predicted octanol–water partition coefficient (Wildman–Crippen LogP) is 4.21. The van der Waals surface area contributed by atoms with Crippen LogP contribution in [0.2, 0.25) is 0 Å². The Hall–Kier alpha value is -2.74. The highest BCUT2D eigenvalue weighted by Crippen LogP contribution is 2.19. The molecule has 0 aliphatic carbocycles. The molecule has 1 heterocycles. The molecule has 3 aromatic carbocycles. The van der Waals surface area contributed by atoms with Crippen molar-refractivity contribution >= 4 is 32.6 Å². The van der Waals surface area contributed by atoms with Gasteiger partial charge in [-0.15, -0.1) is 0 Å². The summed E-state index contributed by atoms with van der Waals surface area (Å²) in [5.74, 6) is 0. The van der Waals surface area contributed by atoms with Crippen molar-refractivity contribution in [3.63, 3.8) is 0 Å². The van der Waals surface area contributed by atoms with Crippen molar-refractivity contribution in [3.8, 4) is 0 Å². The summed E-state index contributed by atoms with van der Waals surface area (Å²) in [5, 5.41) is 3.37. The average molecular weight is 271 g/mol. The molecule has 0 atom stereocenters. The first-order valence-corrected chi connectivity index (χ1v) is 6.95. The summed E-state index contributed by atoms with van der Waals surface area (Å²) < 4.78 is 0. The number of nitrogens with zero attached hydrogens (tertiary/aromatic N) is 1. The molecule has 2 nitrogen and oxygen atoms in total. The van der Waals surface area contributed by atoms with Gasteiger partial charge in [-0.2, -0.15) is 0 Å². The van der Waals surface area contributed by atoms with E-state index in [1.54, 1.807) is 0 Å². The number of pyridine rings is 1. The third kappa shape index (κ3) is 1.88. The fourth-order valence-corrected chi connectivity index (χ4v) is 2.77. The zero-order valence-electron chi connectivity index (χ0n) is 11.6. The van der Waals surface area contributed by atoms with Gasteiger partial charge in [-0.05, 0) is 36.6 Å². The highest BCUT2D eigenvalue weighted by atomic mass is 16.1. The largest absolute Gasteiger partial charge is 0.289 e. The molecule has 0 saturated heterocycles. The third-order valence-corrected chi connectivity index (χ3v) is 3.87. The molecule has 0 N–H and O–H groups in total. The van der Waals surface area contributed by atoms with Gasteiger partial charge in [-0.3, -0.25) is 4.79 Å². The highest BCUT2D eigenvalue weighted by molar-refractivity contribution is 5.97. The molecule has 0 bridgehead atoms. The molecule has 0 aliphatic heterocycles. The van der Waals surface area contributed by atoms with Crippen LogP contribution in [0.3, 0.4) is 0 Å². The van der Waals surface area contributed by atoms with E-state index in [-0.39, 0.29) is 5.43 Å². The Morgan fingerprint density at radius 1 is 0.762 bits per heavy atom. The second-order valence-electron chi connectivity index (χ2n) is 5.37. The van der Waals surface area contributed by atoms with Crippen molar-refractivity contribution in [2.45, 2.75) is 6.92 Å². The molecule has 0 fully saturated rings. The van der Waals surface area contributed by atoms with Gasteiger partial charge in [0.05, 0.1) is 11.0 Å². The first-order chi connectivity index (χ1) is 10.2. The number of aromatic nitrogens is 1. The second-order valence-corrected chi connectivity index (χ2v) is 5.37. The van der Waals surface area contributed by atoms with Gasteiger partial charge in [-0.1, -0.05) is 42.0 Å². The number of fused-ring (bicyclic) bond motifs is 3. The summed E-state index contributed by atoms with van der Waals surface area (Å²) in [6.07, 6.45) is 0. The summed E-state index contributed by atoms with van der Waals surface area (Å²) in [5.41, 5.74) is 2.79. The smallest absolute Gasteiger partial charge is 0.195 e. The van der Waals surface area contributed by atoms with Crippen LogP contribution >= 0.6 is 0 Å². The van der Waals surface area contributed by atoms with Crippen molar-refractivity contribution in [2.24, 2.45) is 0 Å². The maximum Gasteiger partial charge on any atom is 0.195 e. The van der Waals surface area contributed by atoms with E-state index in [2.05, 4.69) is 4.98 Å². The zero-order valence-corrected chi connectivity index (χ0v) is 11.6. The SMILES string of the molecule is Cc1ccc2ccc3nc4ccccc4cc3c(=O)c2c1. The van der Waals surface area contributed by atoms with Crippen molar-refractivity contribution < 1.29 is 0 Å². The van der Waals surface area contributed by atoms with Crippen LogP contribution in [0.1, 0.15) is 5.56 Å². The molecule has 4 rings (SSSR count). The minimum Gasteiger partial charge on any atom is -0.289 e. The Morgan fingerprint density at radius 2 is 1.57 bits per heavy atom. The number of para-hydroxylation sites is 1. The molecule has 2 heteroatoms. The van der Waals surface area contributed by atoms with Crippen molar-refractivity contribution in [3.05, 3.63) is 76.5 Å². The van der Waals surface area contributed by atoms with E-state index in [1.165, 1.54) is 0 Å². The Balaban J connectivity index is 2.29. The van der Waals surface area contributed by atoms with E-state index in [9.17, 15) is 4.79 Å². The standard InChI is InChI=1S/C19H13NO/c1-12-6-7-13-8-9-18-16(19(21)15(13)10-12)11-14-4-2-3-5-17(14)20-18/h2-11H,1H3. The normalized spacial score (nSPS) is 11.3. The Kier molecular flexibility index (Phi) is 2.51. The van der Waals surface area contributed by atoms with E-state index < -0.39 is 0 Å². The van der Waals surface area contributed by atoms with Crippen molar-refractivity contribution in [2.75, 3.05) is 0 Å². The zero-order chi connectivity index (χ0) is 14.4. The third-order valence-electron chi connectivity index (χ3n) is 3.87. The first-order valence-electron chi connectivity index (χ1n) is 6.95. The van der Waals surface area contributed by atoms with Gasteiger partial charge in [0.25, 0.3) is 0 Å². The molecule has 100 valence electrons. The van der Waals surface area contributed by atoms with E-state index in [4.69, 9.17) is 0 Å². The van der Waals surface area contributed by atoms with Crippen molar-refractivity contribution in [1.29, 1.82) is 0 Å². The average Bonchev–Trinajstić information content (AvgIpc) is 2.63. The van der Waals surface area contributed by atoms with Crippen LogP contribution < -0.4 is 5.43 Å². The van der Waals surface area contributed by atoms with Crippen LogP contribution in [0.5, 0.6) is 0 Å². The lowest BCUT2D eigenvalue weighted by Crippen LogP contribution is -1.99. The van der Waals surface area contributed by atoms with Crippen LogP contribution in [0.25, 0.3) is 32.6 Å². The monoisotopic (exact) mass is 271 g/mol. The quantitative estimate of drug-likeness (QED) is 0.479. The summed E-state index contributed by atoms with van der Waals surface area (Å²) in [4.78, 5) is 17.5. The van der Waals surface area contributed by atoms with Crippen LogP contribution in [-0.2, 0) is 0 Å². The van der Waals surface area contributed by atoms with Gasteiger partial charge in [-0.25, -0.2) is 4.98 Å². The molecule has 0 spiro atoms. The first kappa shape index (κ1) is 12.0. The van der Waals surface area contributed by atoms with E-state index in [1.807, 2.05) is 67.6 Å². The Labute approximate surface area is 121 Å². The van der Waals surface area contributed by atoms with E-state index >= 15 is 0 Å². The van der Waals surface area contributed by atoms with Gasteiger partial charge < -0.3 is 0 Å². The fourth-order valence-electron chi connectivity index (χ4n) is 2.77. The fraction of sp³-hybridized carbons (Fsp3) is 0.0526. The van der Waals surface area contributed by atoms with Crippen LogP contribution in [0, 0.1) is 6.92 Å². The van der Waals surface area contributed by atoms with E-state index in [0.717, 1.165) is 32.8 Å². The molecule has 0 radical (unpaired) electrons. The minimum absolute atomic E-state index is 0.0481. The molecular weight excluding hydrogens is 258 g/mol. The van der Waals surface area contributed by atoms with Crippen LogP contribution in [0.4, 0.5) is 0 Å². The van der Waals surface area contributed by atoms with Crippen molar-refractivity contribution in [1.82, 2.24) is 4.98 Å². The lowest BCUT2D eigenvalue weighted by Gasteiger charge is -1.98. The maximum atomic E-state index is 12.8. The van der Waals surface area contributed by atoms with Gasteiger partial charge in [0.1, 0.15) is 0 Å². The molecule has 0 saturated carbocycles. The topological polar surface area (TPSA) is 30.0 Å². The molecular formula is C19H13NO. The number of hydrogen-bond acceptors (Lipinski definition) is 2. The van der Waals surface area contributed by atoms with Gasteiger partial charge in [0.2, 0.25) is 0 Å². The molecule has 4 aromatic rings. The van der Waals surface area contributed by atoms with Gasteiger partial charge >= 0.3 is 0 Å². The Morgan fingerprint density at radius 3 is 2.48 bits per heavy atom. The predicted molar refractivity (Wildman–Crippen MR) is 87.8 cm³/mol. The van der Waals surface area contributed by atoms with Crippen LogP contribution in [-0.4, -0.2) is 4.98 Å². The summed E-state index contributed by atoms with van der Waals surface area (Å²) in [7, 11) is 0. The number of benzene rings is 2. The minimum atomic E-state index is 0.0481. The lowest BCUT2D eigenvalue weighted by molar-refractivity contribution is 1.50. The van der Waals surface area contributed by atoms with Gasteiger partial charge in [0.15, 0.2) is 5.43 Å². The lowest BCUT2D eigenvalue weighted by atomic mass is 10.1. The highest BCUT2D eigenvalue weighted by Gasteiger charge is 2.05. The van der Waals surface area contributed by atoms with E-state index in [0.29, 0.717) is 5.39 Å². The molecule has 21 heavy (non-hydrogen) atoms. The summed E-state index contributed by atoms with van der Waals surface area (Å²) in [6, 6.07) is 19.7. The molecule has 0 unspecified atom stereocenters. The maximum absolute atomic E-state index is 12.8. The second kappa shape index (κ2) is 4.38. The summed E-state index contributed by atoms with van der Waals surface area (Å²) in [6.45, 7) is 2.00. The van der Waals surface area contributed by atoms with Crippen LogP contribution in [0.15, 0.2) is 65.5 Å². The number of aryl methyl sites for hydroxylation is 1. The van der Waals surface area contributed by atoms with Gasteiger partial charge in [0, 0.05) is 16.2 Å². The molecule has 0 aliphatic rings. The molecule has 1 aromatic heterocycles. The molecule has 0 amide bonds. The Bertz CT molecular complexity index is 1070. The number of rotatable bonds is 0.